The van der Waals surface area contributed by atoms with Crippen molar-refractivity contribution in [1.82, 2.24) is 10.2 Å². The first-order valence-corrected chi connectivity index (χ1v) is 8.39. The van der Waals surface area contributed by atoms with Gasteiger partial charge in [0.25, 0.3) is 0 Å². The first-order chi connectivity index (χ1) is 9.51. The maximum Gasteiger partial charge on any atom is 0.103 e. The molecule has 2 atom stereocenters. The lowest BCUT2D eigenvalue weighted by Gasteiger charge is -2.26. The van der Waals surface area contributed by atoms with Crippen LogP contribution in [0.25, 0.3) is 0 Å². The average Bonchev–Trinajstić information content (AvgIpc) is 2.47. The van der Waals surface area contributed by atoms with Gasteiger partial charge in [-0.1, -0.05) is 34.1 Å². The van der Waals surface area contributed by atoms with Crippen molar-refractivity contribution in [2.45, 2.75) is 72.3 Å². The Morgan fingerprint density at radius 2 is 1.95 bits per heavy atom. The van der Waals surface area contributed by atoms with Crippen molar-refractivity contribution >= 4 is 0 Å². The highest BCUT2D eigenvalue weighted by Crippen LogP contribution is 2.14. The molecule has 3 nitrogen and oxygen atoms in total. The molecule has 0 saturated heterocycles. The summed E-state index contributed by atoms with van der Waals surface area (Å²) in [5.74, 6) is 0.783. The quantitative estimate of drug-likeness (QED) is 0.553. The van der Waals surface area contributed by atoms with Gasteiger partial charge < -0.3 is 4.90 Å². The first-order valence-electron chi connectivity index (χ1n) is 8.39. The third-order valence-corrected chi connectivity index (χ3v) is 4.13. The van der Waals surface area contributed by atoms with Crippen molar-refractivity contribution < 1.29 is 0 Å². The molecular formula is C17H35N3. The van der Waals surface area contributed by atoms with Crippen LogP contribution in [-0.4, -0.2) is 36.6 Å². The van der Waals surface area contributed by atoms with Gasteiger partial charge in [0.05, 0.1) is 6.07 Å². The minimum Gasteiger partial charge on any atom is -0.303 e. The summed E-state index contributed by atoms with van der Waals surface area (Å²) in [5.41, 5.74) is -0.343. The molecule has 0 saturated carbocycles. The number of unbranched alkanes of at least 4 members (excludes halogenated alkanes) is 1. The Kier molecular flexibility index (Phi) is 10.8. The lowest BCUT2D eigenvalue weighted by molar-refractivity contribution is 0.238. The Bertz CT molecular complexity index is 272. The van der Waals surface area contributed by atoms with E-state index in [2.05, 4.69) is 44.0 Å². The fourth-order valence-corrected chi connectivity index (χ4v) is 2.35. The zero-order chi connectivity index (χ0) is 15.4. The predicted molar refractivity (Wildman–Crippen MR) is 87.7 cm³/mol. The van der Waals surface area contributed by atoms with Crippen LogP contribution >= 0.6 is 0 Å². The smallest absolute Gasteiger partial charge is 0.103 e. The van der Waals surface area contributed by atoms with E-state index >= 15 is 0 Å². The fraction of sp³-hybridized carbons (Fsp3) is 0.941. The van der Waals surface area contributed by atoms with Gasteiger partial charge in [0.2, 0.25) is 0 Å². The standard InChI is InChI=1S/C17H35N3/c1-6-12-19-17(5,15-18)11-9-10-13-20(8-3)14-16(4)7-2/h16,19H,6-14H2,1-5H3. The van der Waals surface area contributed by atoms with Crippen LogP contribution in [0.15, 0.2) is 0 Å². The average molecular weight is 281 g/mol. The van der Waals surface area contributed by atoms with E-state index < -0.39 is 0 Å². The summed E-state index contributed by atoms with van der Waals surface area (Å²) in [6.45, 7) is 15.4. The first kappa shape index (κ1) is 19.4. The number of rotatable bonds is 12. The van der Waals surface area contributed by atoms with Crippen LogP contribution in [0.4, 0.5) is 0 Å². The molecule has 0 aromatic rings. The molecule has 0 radical (unpaired) electrons. The second-order valence-corrected chi connectivity index (χ2v) is 6.23. The zero-order valence-electron chi connectivity index (χ0n) is 14.3. The zero-order valence-corrected chi connectivity index (χ0v) is 14.3. The van der Waals surface area contributed by atoms with E-state index in [1.165, 1.54) is 19.4 Å². The molecule has 0 aliphatic carbocycles. The summed E-state index contributed by atoms with van der Waals surface area (Å²) in [5, 5.41) is 12.7. The molecule has 0 amide bonds. The maximum atomic E-state index is 9.29. The van der Waals surface area contributed by atoms with Crippen LogP contribution in [0.3, 0.4) is 0 Å². The van der Waals surface area contributed by atoms with E-state index in [1.807, 2.05) is 6.92 Å². The molecule has 0 bridgehead atoms. The van der Waals surface area contributed by atoms with Crippen molar-refractivity contribution in [1.29, 1.82) is 5.26 Å². The normalized spacial score (nSPS) is 15.8. The summed E-state index contributed by atoms with van der Waals surface area (Å²) in [4.78, 5) is 2.54. The van der Waals surface area contributed by atoms with Crippen LogP contribution in [-0.2, 0) is 0 Å². The van der Waals surface area contributed by atoms with Gasteiger partial charge in [-0.2, -0.15) is 5.26 Å². The molecule has 1 N–H and O–H groups in total. The van der Waals surface area contributed by atoms with Crippen molar-refractivity contribution in [2.24, 2.45) is 5.92 Å². The summed E-state index contributed by atoms with van der Waals surface area (Å²) in [7, 11) is 0. The van der Waals surface area contributed by atoms with Crippen molar-refractivity contribution in [2.75, 3.05) is 26.2 Å². The largest absolute Gasteiger partial charge is 0.303 e. The second-order valence-electron chi connectivity index (χ2n) is 6.23. The SMILES string of the molecule is CCCNC(C)(C#N)CCCCN(CC)CC(C)CC. The van der Waals surface area contributed by atoms with E-state index in [0.717, 1.165) is 44.8 Å². The van der Waals surface area contributed by atoms with Crippen molar-refractivity contribution in [3.05, 3.63) is 0 Å². The highest BCUT2D eigenvalue weighted by Gasteiger charge is 2.21. The Morgan fingerprint density at radius 3 is 2.45 bits per heavy atom. The van der Waals surface area contributed by atoms with Crippen molar-refractivity contribution in [3.8, 4) is 6.07 Å². The van der Waals surface area contributed by atoms with Crippen LogP contribution in [0.5, 0.6) is 0 Å². The van der Waals surface area contributed by atoms with Gasteiger partial charge in [-0.05, 0) is 58.2 Å². The molecule has 0 fully saturated rings. The Morgan fingerprint density at radius 1 is 1.25 bits per heavy atom. The number of hydrogen-bond donors (Lipinski definition) is 1. The summed E-state index contributed by atoms with van der Waals surface area (Å²) in [6.07, 6.45) is 5.59. The van der Waals surface area contributed by atoms with Gasteiger partial charge in [0.1, 0.15) is 5.54 Å². The minimum atomic E-state index is -0.343. The number of nitriles is 1. The van der Waals surface area contributed by atoms with Crippen molar-refractivity contribution in [3.63, 3.8) is 0 Å². The summed E-state index contributed by atoms with van der Waals surface area (Å²) in [6, 6.07) is 2.43. The summed E-state index contributed by atoms with van der Waals surface area (Å²) < 4.78 is 0. The van der Waals surface area contributed by atoms with Gasteiger partial charge in [-0.15, -0.1) is 0 Å². The minimum absolute atomic E-state index is 0.343. The van der Waals surface area contributed by atoms with E-state index in [9.17, 15) is 5.26 Å². The molecule has 0 aromatic carbocycles. The van der Waals surface area contributed by atoms with Gasteiger partial charge in [0.15, 0.2) is 0 Å². The Labute approximate surface area is 126 Å². The highest BCUT2D eigenvalue weighted by atomic mass is 15.1. The Balaban J connectivity index is 3.95. The molecule has 0 aliphatic rings. The number of hydrogen-bond acceptors (Lipinski definition) is 3. The van der Waals surface area contributed by atoms with Gasteiger partial charge in [-0.3, -0.25) is 5.32 Å². The molecule has 3 heteroatoms. The number of nitrogens with zero attached hydrogens (tertiary/aromatic N) is 2. The fourth-order valence-electron chi connectivity index (χ4n) is 2.35. The topological polar surface area (TPSA) is 39.1 Å². The molecule has 0 rings (SSSR count). The molecular weight excluding hydrogens is 246 g/mol. The van der Waals surface area contributed by atoms with E-state index in [4.69, 9.17) is 0 Å². The molecule has 0 aromatic heterocycles. The molecule has 118 valence electrons. The predicted octanol–water partition coefficient (Wildman–Crippen LogP) is 3.81. The number of nitrogens with one attached hydrogen (secondary N) is 1. The lowest BCUT2D eigenvalue weighted by Crippen LogP contribution is -2.41. The molecule has 0 spiro atoms. The third kappa shape index (κ3) is 8.55. The van der Waals surface area contributed by atoms with E-state index in [0.29, 0.717) is 0 Å². The monoisotopic (exact) mass is 281 g/mol. The van der Waals surface area contributed by atoms with Crippen LogP contribution in [0.1, 0.15) is 66.7 Å². The maximum absolute atomic E-state index is 9.29. The van der Waals surface area contributed by atoms with Crippen LogP contribution in [0.2, 0.25) is 0 Å². The molecule has 0 aliphatic heterocycles. The lowest BCUT2D eigenvalue weighted by atomic mass is 9.96. The molecule has 2 unspecified atom stereocenters. The second kappa shape index (κ2) is 11.1. The van der Waals surface area contributed by atoms with Crippen LogP contribution < -0.4 is 5.32 Å². The highest BCUT2D eigenvalue weighted by molar-refractivity contribution is 5.03. The van der Waals surface area contributed by atoms with E-state index in [1.54, 1.807) is 0 Å². The van der Waals surface area contributed by atoms with Gasteiger partial charge >= 0.3 is 0 Å². The van der Waals surface area contributed by atoms with Crippen LogP contribution in [0, 0.1) is 17.2 Å². The third-order valence-electron chi connectivity index (χ3n) is 4.13. The molecule has 0 heterocycles. The summed E-state index contributed by atoms with van der Waals surface area (Å²) >= 11 is 0. The Hall–Kier alpha value is -0.590. The van der Waals surface area contributed by atoms with E-state index in [-0.39, 0.29) is 5.54 Å². The van der Waals surface area contributed by atoms with Gasteiger partial charge in [0, 0.05) is 6.54 Å². The molecule has 20 heavy (non-hydrogen) atoms. The van der Waals surface area contributed by atoms with Gasteiger partial charge in [-0.25, -0.2) is 0 Å².